The minimum absolute atomic E-state index is 0.121. The Labute approximate surface area is 123 Å². The number of ether oxygens (including phenoxy) is 1. The van der Waals surface area contributed by atoms with Gasteiger partial charge in [-0.15, -0.1) is 0 Å². The normalized spacial score (nSPS) is 22.6. The molecule has 2 unspecified atom stereocenters. The molecule has 7 heteroatoms. The van der Waals surface area contributed by atoms with E-state index in [1.165, 1.54) is 0 Å². The molecule has 1 fully saturated rings. The van der Waals surface area contributed by atoms with Crippen molar-refractivity contribution in [2.75, 3.05) is 38.8 Å². The van der Waals surface area contributed by atoms with Crippen LogP contribution in [0.4, 0.5) is 0 Å². The van der Waals surface area contributed by atoms with Crippen molar-refractivity contribution in [3.63, 3.8) is 0 Å². The van der Waals surface area contributed by atoms with Crippen LogP contribution < -0.4 is 5.73 Å². The van der Waals surface area contributed by atoms with Gasteiger partial charge in [0.25, 0.3) is 0 Å². The first-order chi connectivity index (χ1) is 9.15. The Morgan fingerprint density at radius 2 is 2.47 bits per heavy atom. The zero-order valence-corrected chi connectivity index (χ0v) is 13.0. The lowest BCUT2D eigenvalue weighted by Crippen LogP contribution is -2.46. The van der Waals surface area contributed by atoms with E-state index in [-0.39, 0.29) is 6.04 Å². The van der Waals surface area contributed by atoms with Crippen molar-refractivity contribution in [1.82, 2.24) is 14.7 Å². The summed E-state index contributed by atoms with van der Waals surface area (Å²) in [6.45, 7) is 2.34. The highest BCUT2D eigenvalue weighted by atomic mass is 35.5. The molecule has 0 bridgehead atoms. The van der Waals surface area contributed by atoms with Gasteiger partial charge in [0.05, 0.1) is 36.1 Å². The Balaban J connectivity index is 2.17. The summed E-state index contributed by atoms with van der Waals surface area (Å²) in [5, 5.41) is 4.94. The minimum atomic E-state index is -0.121. The zero-order valence-electron chi connectivity index (χ0n) is 11.4. The molecule has 19 heavy (non-hydrogen) atoms. The van der Waals surface area contributed by atoms with E-state index < -0.39 is 0 Å². The predicted molar refractivity (Wildman–Crippen MR) is 79.8 cm³/mol. The molecule has 0 amide bonds. The number of aromatic nitrogens is 2. The number of likely N-dealkylation sites (N-methyl/N-ethyl adjacent to an activating group) is 1. The molecular weight excluding hydrogens is 284 g/mol. The third kappa shape index (κ3) is 3.44. The molecule has 1 saturated heterocycles. The molecule has 0 radical (unpaired) electrons. The Hall–Kier alpha value is -0.270. The van der Waals surface area contributed by atoms with Crippen LogP contribution in [0.25, 0.3) is 0 Å². The van der Waals surface area contributed by atoms with Crippen LogP contribution in [0, 0.1) is 0 Å². The maximum absolute atomic E-state index is 6.44. The first-order valence-electron chi connectivity index (χ1n) is 6.39. The van der Waals surface area contributed by atoms with Gasteiger partial charge in [-0.1, -0.05) is 11.6 Å². The van der Waals surface area contributed by atoms with Crippen molar-refractivity contribution in [1.29, 1.82) is 0 Å². The third-order valence-electron chi connectivity index (χ3n) is 3.51. The van der Waals surface area contributed by atoms with Crippen molar-refractivity contribution >= 4 is 23.4 Å². The lowest BCUT2D eigenvalue weighted by atomic mass is 10.1. The van der Waals surface area contributed by atoms with Crippen LogP contribution in [0.1, 0.15) is 11.7 Å². The third-order valence-corrected chi connectivity index (χ3v) is 4.85. The van der Waals surface area contributed by atoms with Crippen LogP contribution in [0.5, 0.6) is 0 Å². The summed E-state index contributed by atoms with van der Waals surface area (Å²) in [6.07, 6.45) is 1.67. The molecule has 2 heterocycles. The number of hydrogen-bond donors (Lipinski definition) is 1. The summed E-state index contributed by atoms with van der Waals surface area (Å²) >= 11 is 8.20. The Morgan fingerprint density at radius 1 is 1.68 bits per heavy atom. The molecule has 1 aromatic heterocycles. The highest BCUT2D eigenvalue weighted by molar-refractivity contribution is 7.99. The van der Waals surface area contributed by atoms with E-state index in [1.54, 1.807) is 13.3 Å². The Morgan fingerprint density at radius 3 is 3.16 bits per heavy atom. The molecule has 2 atom stereocenters. The smallest absolute Gasteiger partial charge is 0.0834 e. The van der Waals surface area contributed by atoms with Gasteiger partial charge >= 0.3 is 0 Å². The fraction of sp³-hybridized carbons (Fsp3) is 0.750. The van der Waals surface area contributed by atoms with E-state index in [4.69, 9.17) is 22.1 Å². The molecule has 1 aromatic rings. The molecule has 0 spiro atoms. The van der Waals surface area contributed by atoms with Crippen LogP contribution in [0.15, 0.2) is 6.20 Å². The van der Waals surface area contributed by atoms with Gasteiger partial charge in [-0.3, -0.25) is 9.58 Å². The SMILES string of the molecule is COCCn1ncc(Cl)c1C(N)C1CSCCN1C. The minimum Gasteiger partial charge on any atom is -0.383 e. The summed E-state index contributed by atoms with van der Waals surface area (Å²) in [5.41, 5.74) is 7.35. The second-order valence-corrected chi connectivity index (χ2v) is 6.30. The Kier molecular flexibility index (Phi) is 5.53. The predicted octanol–water partition coefficient (Wildman–Crippen LogP) is 1.23. The largest absolute Gasteiger partial charge is 0.383 e. The first kappa shape index (κ1) is 15.1. The van der Waals surface area contributed by atoms with Gasteiger partial charge < -0.3 is 10.5 Å². The molecule has 1 aliphatic rings. The molecule has 5 nitrogen and oxygen atoms in total. The van der Waals surface area contributed by atoms with Gasteiger partial charge in [-0.05, 0) is 7.05 Å². The average molecular weight is 305 g/mol. The number of thioether (sulfide) groups is 1. The maximum atomic E-state index is 6.44. The highest BCUT2D eigenvalue weighted by Crippen LogP contribution is 2.29. The summed E-state index contributed by atoms with van der Waals surface area (Å²) < 4.78 is 6.96. The fourth-order valence-corrected chi connectivity index (χ4v) is 3.88. The second-order valence-electron chi connectivity index (χ2n) is 4.74. The van der Waals surface area contributed by atoms with E-state index in [1.807, 2.05) is 16.4 Å². The summed E-state index contributed by atoms with van der Waals surface area (Å²) in [6, 6.07) is 0.180. The molecule has 108 valence electrons. The van der Waals surface area contributed by atoms with Gasteiger partial charge in [0.1, 0.15) is 0 Å². The van der Waals surface area contributed by atoms with Crippen molar-refractivity contribution in [3.05, 3.63) is 16.9 Å². The van der Waals surface area contributed by atoms with Crippen molar-refractivity contribution in [2.45, 2.75) is 18.6 Å². The van der Waals surface area contributed by atoms with Gasteiger partial charge in [-0.25, -0.2) is 0 Å². The fourth-order valence-electron chi connectivity index (χ4n) is 2.32. The molecule has 0 saturated carbocycles. The molecule has 2 rings (SSSR count). The molecule has 1 aliphatic heterocycles. The molecular formula is C12H21ClN4OS. The number of methoxy groups -OCH3 is 1. The highest BCUT2D eigenvalue weighted by Gasteiger charge is 2.30. The van der Waals surface area contributed by atoms with Crippen molar-refractivity contribution in [3.8, 4) is 0 Å². The number of hydrogen-bond acceptors (Lipinski definition) is 5. The standard InChI is InChI=1S/C12H21ClN4OS/c1-16-4-6-19-8-10(16)11(14)12-9(13)7-15-17(12)3-5-18-2/h7,10-11H,3-6,8,14H2,1-2H3. The lowest BCUT2D eigenvalue weighted by molar-refractivity contribution is 0.179. The van der Waals surface area contributed by atoms with Crippen LogP contribution in [-0.4, -0.2) is 59.5 Å². The quantitative estimate of drug-likeness (QED) is 0.887. The molecule has 0 aliphatic carbocycles. The zero-order chi connectivity index (χ0) is 13.8. The van der Waals surface area contributed by atoms with Crippen molar-refractivity contribution in [2.24, 2.45) is 5.73 Å². The molecule has 0 aromatic carbocycles. The van der Waals surface area contributed by atoms with Crippen molar-refractivity contribution < 1.29 is 4.74 Å². The van der Waals surface area contributed by atoms with E-state index in [0.29, 0.717) is 24.2 Å². The van der Waals surface area contributed by atoms with E-state index in [9.17, 15) is 0 Å². The van der Waals surface area contributed by atoms with E-state index in [2.05, 4.69) is 17.0 Å². The second kappa shape index (κ2) is 6.95. The van der Waals surface area contributed by atoms with E-state index >= 15 is 0 Å². The van der Waals surface area contributed by atoms with Crippen LogP contribution in [0.3, 0.4) is 0 Å². The Bertz CT molecular complexity index is 414. The van der Waals surface area contributed by atoms with Crippen LogP contribution in [0.2, 0.25) is 5.02 Å². The summed E-state index contributed by atoms with van der Waals surface area (Å²) in [4.78, 5) is 2.31. The number of nitrogens with two attached hydrogens (primary N) is 1. The van der Waals surface area contributed by atoms with Gasteiger partial charge in [0, 0.05) is 31.2 Å². The topological polar surface area (TPSA) is 56.3 Å². The van der Waals surface area contributed by atoms with E-state index in [0.717, 1.165) is 23.7 Å². The van der Waals surface area contributed by atoms with Crippen LogP contribution >= 0.6 is 23.4 Å². The maximum Gasteiger partial charge on any atom is 0.0834 e. The van der Waals surface area contributed by atoms with Crippen LogP contribution in [-0.2, 0) is 11.3 Å². The van der Waals surface area contributed by atoms with Gasteiger partial charge in [0.15, 0.2) is 0 Å². The molecule has 2 N–H and O–H groups in total. The number of nitrogens with zero attached hydrogens (tertiary/aromatic N) is 3. The summed E-state index contributed by atoms with van der Waals surface area (Å²) in [5.74, 6) is 2.19. The number of rotatable bonds is 5. The lowest BCUT2D eigenvalue weighted by Gasteiger charge is -2.36. The van der Waals surface area contributed by atoms with Gasteiger partial charge in [0.2, 0.25) is 0 Å². The average Bonchev–Trinajstić information content (AvgIpc) is 2.77. The monoisotopic (exact) mass is 304 g/mol. The summed E-state index contributed by atoms with van der Waals surface area (Å²) in [7, 11) is 3.80. The first-order valence-corrected chi connectivity index (χ1v) is 7.92. The number of halogens is 1. The van der Waals surface area contributed by atoms with Gasteiger partial charge in [-0.2, -0.15) is 16.9 Å².